The molecule has 180 valence electrons. The van der Waals surface area contributed by atoms with Gasteiger partial charge in [0.05, 0.1) is 0 Å². The summed E-state index contributed by atoms with van der Waals surface area (Å²) in [5.74, 6) is 0.334. The van der Waals surface area contributed by atoms with Gasteiger partial charge >= 0.3 is 6.03 Å². The number of rotatable bonds is 8. The number of imide groups is 1. The van der Waals surface area contributed by atoms with Crippen LogP contribution in [-0.4, -0.2) is 46.3 Å². The second-order valence-corrected chi connectivity index (χ2v) is 9.27. The Balaban J connectivity index is 1.34. The summed E-state index contributed by atoms with van der Waals surface area (Å²) in [6.45, 7) is 5.05. The molecule has 0 unspecified atom stereocenters. The Morgan fingerprint density at radius 2 is 1.82 bits per heavy atom. The molecule has 2 aromatic carbocycles. The van der Waals surface area contributed by atoms with E-state index in [4.69, 9.17) is 4.74 Å². The molecule has 1 aliphatic heterocycles. The highest BCUT2D eigenvalue weighted by Gasteiger charge is 2.55. The van der Waals surface area contributed by atoms with E-state index in [2.05, 4.69) is 5.32 Å². The number of nitrogens with one attached hydrogen (secondary N) is 1. The highest BCUT2D eigenvalue weighted by molar-refractivity contribution is 6.09. The highest BCUT2D eigenvalue weighted by Crippen LogP contribution is 2.38. The van der Waals surface area contributed by atoms with Crippen LogP contribution in [0.15, 0.2) is 54.6 Å². The van der Waals surface area contributed by atoms with Crippen LogP contribution in [0.2, 0.25) is 0 Å². The van der Waals surface area contributed by atoms with Gasteiger partial charge in [-0.25, -0.2) is 4.79 Å². The monoisotopic (exact) mass is 463 g/mol. The van der Waals surface area contributed by atoms with E-state index in [0.29, 0.717) is 26.1 Å². The molecule has 2 fully saturated rings. The van der Waals surface area contributed by atoms with Crippen LogP contribution in [0, 0.1) is 5.92 Å². The Kier molecular flexibility index (Phi) is 7.20. The molecule has 1 saturated carbocycles. The van der Waals surface area contributed by atoms with Crippen molar-refractivity contribution < 1.29 is 19.1 Å². The fourth-order valence-electron chi connectivity index (χ4n) is 4.90. The van der Waals surface area contributed by atoms with Crippen LogP contribution in [0.25, 0.3) is 0 Å². The van der Waals surface area contributed by atoms with E-state index in [0.717, 1.165) is 41.0 Å². The maximum atomic E-state index is 13.2. The molecule has 1 N–H and O–H groups in total. The number of amides is 4. The quantitative estimate of drug-likeness (QED) is 0.598. The summed E-state index contributed by atoms with van der Waals surface area (Å²) in [4.78, 5) is 41.6. The number of hydrogen-bond acceptors (Lipinski definition) is 4. The third kappa shape index (κ3) is 4.93. The van der Waals surface area contributed by atoms with Gasteiger partial charge in [-0.1, -0.05) is 62.2 Å². The molecule has 0 radical (unpaired) electrons. The second-order valence-electron chi connectivity index (χ2n) is 9.27. The van der Waals surface area contributed by atoms with E-state index < -0.39 is 11.6 Å². The maximum absolute atomic E-state index is 13.2. The smallest absolute Gasteiger partial charge is 0.325 e. The molecule has 1 aliphatic carbocycles. The minimum absolute atomic E-state index is 0.0719. The predicted octanol–water partition coefficient (Wildman–Crippen LogP) is 4.11. The first-order valence-corrected chi connectivity index (χ1v) is 12.1. The van der Waals surface area contributed by atoms with Gasteiger partial charge in [-0.05, 0) is 48.9 Å². The zero-order valence-corrected chi connectivity index (χ0v) is 20.0. The van der Waals surface area contributed by atoms with E-state index in [1.54, 1.807) is 4.90 Å². The van der Waals surface area contributed by atoms with Gasteiger partial charge in [0.1, 0.15) is 24.4 Å². The van der Waals surface area contributed by atoms with Gasteiger partial charge in [-0.3, -0.25) is 14.5 Å². The lowest BCUT2D eigenvalue weighted by Gasteiger charge is -2.36. The lowest BCUT2D eigenvalue weighted by Crippen LogP contribution is -2.54. The molecule has 4 rings (SSSR count). The molecule has 34 heavy (non-hydrogen) atoms. The van der Waals surface area contributed by atoms with Crippen LogP contribution in [-0.2, 0) is 22.7 Å². The second kappa shape index (κ2) is 10.3. The van der Waals surface area contributed by atoms with Gasteiger partial charge in [0.25, 0.3) is 5.91 Å². The van der Waals surface area contributed by atoms with Crippen LogP contribution < -0.4 is 10.1 Å². The van der Waals surface area contributed by atoms with Crippen molar-refractivity contribution >= 4 is 17.8 Å². The van der Waals surface area contributed by atoms with Gasteiger partial charge in [-0.2, -0.15) is 0 Å². The summed E-state index contributed by atoms with van der Waals surface area (Å²) >= 11 is 0. The summed E-state index contributed by atoms with van der Waals surface area (Å²) < 4.78 is 5.83. The molecule has 1 saturated heterocycles. The fraction of sp³-hybridized carbons (Fsp3) is 0.444. The molecule has 2 aromatic rings. The Bertz CT molecular complexity index is 1020. The van der Waals surface area contributed by atoms with Crippen molar-refractivity contribution in [2.45, 2.75) is 58.2 Å². The third-order valence-corrected chi connectivity index (χ3v) is 7.07. The normalized spacial score (nSPS) is 22.1. The van der Waals surface area contributed by atoms with Gasteiger partial charge in [0.2, 0.25) is 5.91 Å². The summed E-state index contributed by atoms with van der Waals surface area (Å²) in [5, 5.41) is 2.91. The zero-order chi connectivity index (χ0) is 24.1. The summed E-state index contributed by atoms with van der Waals surface area (Å²) in [6.07, 6.45) is 3.51. The molecular formula is C27H33N3O4. The Morgan fingerprint density at radius 1 is 1.09 bits per heavy atom. The first-order chi connectivity index (χ1) is 16.4. The largest absolute Gasteiger partial charge is 0.489 e. The van der Waals surface area contributed by atoms with Crippen molar-refractivity contribution in [3.63, 3.8) is 0 Å². The Labute approximate surface area is 201 Å². The molecule has 1 spiro atoms. The van der Waals surface area contributed by atoms with Crippen molar-refractivity contribution in [2.24, 2.45) is 5.92 Å². The van der Waals surface area contributed by atoms with Gasteiger partial charge < -0.3 is 15.0 Å². The number of nitrogens with zero attached hydrogens (tertiary/aromatic N) is 2. The molecule has 1 heterocycles. The van der Waals surface area contributed by atoms with Crippen LogP contribution >= 0.6 is 0 Å². The van der Waals surface area contributed by atoms with E-state index in [9.17, 15) is 14.4 Å². The van der Waals surface area contributed by atoms with Crippen molar-refractivity contribution in [1.82, 2.24) is 15.1 Å². The molecular weight excluding hydrogens is 430 g/mol. The number of benzene rings is 2. The predicted molar refractivity (Wildman–Crippen MR) is 129 cm³/mol. The zero-order valence-electron chi connectivity index (χ0n) is 20.0. The minimum Gasteiger partial charge on any atom is -0.489 e. The average Bonchev–Trinajstić information content (AvgIpc) is 3.09. The molecule has 7 heteroatoms. The van der Waals surface area contributed by atoms with E-state index in [1.807, 2.05) is 68.4 Å². The molecule has 0 aromatic heterocycles. The molecule has 4 amide bonds. The lowest BCUT2D eigenvalue weighted by atomic mass is 9.73. The standard InChI is InChI=1S/C27H33N3O4/c1-3-29(17-21-12-14-23(15-13-21)34-19-22-10-5-4-6-11-22)24(31)18-30-25(32)27(28-26(30)33)16-8-7-9-20(27)2/h4-6,10-15,20H,3,7-9,16-19H2,1-2H3,(H,28,33)/t20-,27+/m1/s1. The first-order valence-electron chi connectivity index (χ1n) is 12.1. The Morgan fingerprint density at radius 3 is 2.50 bits per heavy atom. The SMILES string of the molecule is CCN(Cc1ccc(OCc2ccccc2)cc1)C(=O)CN1C(=O)N[C@]2(CCCC[C@H]2C)C1=O. The first kappa shape index (κ1) is 23.8. The number of ether oxygens (including phenoxy) is 1. The fourth-order valence-corrected chi connectivity index (χ4v) is 4.90. The van der Waals surface area contributed by atoms with Crippen molar-refractivity contribution in [3.8, 4) is 5.75 Å². The topological polar surface area (TPSA) is 79.0 Å². The molecule has 0 bridgehead atoms. The van der Waals surface area contributed by atoms with Gasteiger partial charge in [0, 0.05) is 13.1 Å². The molecule has 7 nitrogen and oxygen atoms in total. The van der Waals surface area contributed by atoms with Gasteiger partial charge in [0.15, 0.2) is 0 Å². The summed E-state index contributed by atoms with van der Waals surface area (Å²) in [7, 11) is 0. The minimum atomic E-state index is -0.845. The Hall–Kier alpha value is -3.35. The third-order valence-electron chi connectivity index (χ3n) is 7.07. The number of urea groups is 1. The maximum Gasteiger partial charge on any atom is 0.325 e. The van der Waals surface area contributed by atoms with E-state index >= 15 is 0 Å². The molecule has 2 aliphatic rings. The highest BCUT2D eigenvalue weighted by atomic mass is 16.5. The van der Waals surface area contributed by atoms with Crippen molar-refractivity contribution in [3.05, 3.63) is 65.7 Å². The van der Waals surface area contributed by atoms with Crippen LogP contribution in [0.1, 0.15) is 50.7 Å². The number of hydrogen-bond donors (Lipinski definition) is 1. The lowest BCUT2D eigenvalue weighted by molar-refractivity contribution is -0.140. The van der Waals surface area contributed by atoms with Gasteiger partial charge in [-0.15, -0.1) is 0 Å². The van der Waals surface area contributed by atoms with Crippen LogP contribution in [0.4, 0.5) is 4.79 Å². The average molecular weight is 464 g/mol. The van der Waals surface area contributed by atoms with Crippen molar-refractivity contribution in [1.29, 1.82) is 0 Å². The number of likely N-dealkylation sites (N-methyl/N-ethyl adjacent to an activating group) is 1. The van der Waals surface area contributed by atoms with E-state index in [-0.39, 0.29) is 24.3 Å². The summed E-state index contributed by atoms with van der Waals surface area (Å²) in [6, 6.07) is 17.2. The molecule has 2 atom stereocenters. The number of carbonyl (C=O) groups is 3. The van der Waals surface area contributed by atoms with Crippen LogP contribution in [0.3, 0.4) is 0 Å². The van der Waals surface area contributed by atoms with E-state index in [1.165, 1.54) is 0 Å². The van der Waals surface area contributed by atoms with Crippen LogP contribution in [0.5, 0.6) is 5.75 Å². The van der Waals surface area contributed by atoms with Crippen molar-refractivity contribution in [2.75, 3.05) is 13.1 Å². The number of carbonyl (C=O) groups excluding carboxylic acids is 3. The summed E-state index contributed by atoms with van der Waals surface area (Å²) in [5.41, 5.74) is 1.21.